The van der Waals surface area contributed by atoms with Crippen molar-refractivity contribution in [2.24, 2.45) is 0 Å². The standard InChI is InChI=1S/C16H20N2O3/c1-20-15-9-12(6-7-13(15)10-17)11-18-8-4-3-5-14(18)16(19)21-2/h6-7,9,14H,3-5,8,11H2,1-2H3. The highest BCUT2D eigenvalue weighted by molar-refractivity contribution is 5.75. The number of esters is 1. The summed E-state index contributed by atoms with van der Waals surface area (Å²) in [6, 6.07) is 7.45. The Hall–Kier alpha value is -2.06. The van der Waals surface area contributed by atoms with E-state index < -0.39 is 0 Å². The van der Waals surface area contributed by atoms with Gasteiger partial charge in [0.05, 0.1) is 19.8 Å². The molecule has 1 aromatic carbocycles. The number of hydrogen-bond donors (Lipinski definition) is 0. The van der Waals surface area contributed by atoms with Crippen molar-refractivity contribution in [1.29, 1.82) is 5.26 Å². The van der Waals surface area contributed by atoms with Gasteiger partial charge in [0.1, 0.15) is 17.9 Å². The summed E-state index contributed by atoms with van der Waals surface area (Å²) in [7, 11) is 2.98. The summed E-state index contributed by atoms with van der Waals surface area (Å²) < 4.78 is 10.1. The maximum absolute atomic E-state index is 11.9. The van der Waals surface area contributed by atoms with E-state index >= 15 is 0 Å². The Morgan fingerprint density at radius 1 is 1.43 bits per heavy atom. The molecule has 1 aliphatic heterocycles. The number of hydrogen-bond acceptors (Lipinski definition) is 5. The summed E-state index contributed by atoms with van der Waals surface area (Å²) in [6.07, 6.45) is 2.97. The Labute approximate surface area is 125 Å². The fourth-order valence-corrected chi connectivity index (χ4v) is 2.74. The molecule has 0 radical (unpaired) electrons. The highest BCUT2D eigenvalue weighted by atomic mass is 16.5. The van der Waals surface area contributed by atoms with Crippen LogP contribution in [-0.4, -0.2) is 37.7 Å². The van der Waals surface area contributed by atoms with Gasteiger partial charge < -0.3 is 9.47 Å². The van der Waals surface area contributed by atoms with Gasteiger partial charge in [-0.2, -0.15) is 5.26 Å². The van der Waals surface area contributed by atoms with E-state index in [0.29, 0.717) is 17.9 Å². The fourth-order valence-electron chi connectivity index (χ4n) is 2.74. The summed E-state index contributed by atoms with van der Waals surface area (Å²) in [5, 5.41) is 9.01. The molecular weight excluding hydrogens is 268 g/mol. The third-order valence-corrected chi connectivity index (χ3v) is 3.86. The fraction of sp³-hybridized carbons (Fsp3) is 0.500. The molecule has 1 heterocycles. The van der Waals surface area contributed by atoms with E-state index in [0.717, 1.165) is 31.4 Å². The first kappa shape index (κ1) is 15.3. The number of likely N-dealkylation sites (tertiary alicyclic amines) is 1. The minimum atomic E-state index is -0.176. The van der Waals surface area contributed by atoms with Crippen LogP contribution in [0, 0.1) is 11.3 Å². The van der Waals surface area contributed by atoms with Crippen LogP contribution in [0.3, 0.4) is 0 Å². The molecule has 5 nitrogen and oxygen atoms in total. The average molecular weight is 288 g/mol. The molecule has 0 saturated carbocycles. The molecule has 0 bridgehead atoms. The van der Waals surface area contributed by atoms with E-state index in [1.54, 1.807) is 13.2 Å². The summed E-state index contributed by atoms with van der Waals surface area (Å²) in [5.41, 5.74) is 1.55. The molecule has 0 N–H and O–H groups in total. The summed E-state index contributed by atoms with van der Waals surface area (Å²) in [6.45, 7) is 1.53. The Kier molecular flexibility index (Phi) is 5.18. The summed E-state index contributed by atoms with van der Waals surface area (Å²) >= 11 is 0. The van der Waals surface area contributed by atoms with E-state index in [-0.39, 0.29) is 12.0 Å². The maximum Gasteiger partial charge on any atom is 0.323 e. The molecule has 112 valence electrons. The molecule has 0 aromatic heterocycles. The van der Waals surface area contributed by atoms with Crippen LogP contribution >= 0.6 is 0 Å². The zero-order valence-corrected chi connectivity index (χ0v) is 12.5. The molecule has 5 heteroatoms. The van der Waals surface area contributed by atoms with Crippen molar-refractivity contribution in [1.82, 2.24) is 4.90 Å². The number of benzene rings is 1. The maximum atomic E-state index is 11.9. The smallest absolute Gasteiger partial charge is 0.323 e. The van der Waals surface area contributed by atoms with Gasteiger partial charge in [-0.3, -0.25) is 9.69 Å². The van der Waals surface area contributed by atoms with Crippen LogP contribution in [0.1, 0.15) is 30.4 Å². The first-order valence-electron chi connectivity index (χ1n) is 7.08. The van der Waals surface area contributed by atoms with Crippen molar-refractivity contribution in [3.05, 3.63) is 29.3 Å². The van der Waals surface area contributed by atoms with Crippen molar-refractivity contribution >= 4 is 5.97 Å². The SMILES string of the molecule is COC(=O)C1CCCCN1Cc1ccc(C#N)c(OC)c1. The lowest BCUT2D eigenvalue weighted by atomic mass is 10.0. The first-order valence-corrected chi connectivity index (χ1v) is 7.08. The second-order valence-electron chi connectivity index (χ2n) is 5.15. The van der Waals surface area contributed by atoms with E-state index in [1.807, 2.05) is 12.1 Å². The predicted molar refractivity (Wildman–Crippen MR) is 77.8 cm³/mol. The highest BCUT2D eigenvalue weighted by Gasteiger charge is 2.29. The molecule has 1 aliphatic rings. The van der Waals surface area contributed by atoms with Crippen molar-refractivity contribution < 1.29 is 14.3 Å². The lowest BCUT2D eigenvalue weighted by molar-refractivity contribution is -0.148. The minimum absolute atomic E-state index is 0.171. The number of methoxy groups -OCH3 is 2. The van der Waals surface area contributed by atoms with Gasteiger partial charge in [0.25, 0.3) is 0 Å². The van der Waals surface area contributed by atoms with Crippen LogP contribution in [0.25, 0.3) is 0 Å². The van der Waals surface area contributed by atoms with Crippen LogP contribution in [0.15, 0.2) is 18.2 Å². The molecule has 1 fully saturated rings. The molecule has 21 heavy (non-hydrogen) atoms. The van der Waals surface area contributed by atoms with Gasteiger partial charge in [0.2, 0.25) is 0 Å². The largest absolute Gasteiger partial charge is 0.495 e. The van der Waals surface area contributed by atoms with Crippen molar-refractivity contribution in [2.75, 3.05) is 20.8 Å². The molecule has 0 amide bonds. The quantitative estimate of drug-likeness (QED) is 0.794. The number of carbonyl (C=O) groups is 1. The Morgan fingerprint density at radius 3 is 2.90 bits per heavy atom. The Morgan fingerprint density at radius 2 is 2.24 bits per heavy atom. The predicted octanol–water partition coefficient (Wildman–Crippen LogP) is 2.09. The van der Waals surface area contributed by atoms with Gasteiger partial charge in [-0.05, 0) is 37.1 Å². The molecule has 1 atom stereocenters. The number of nitrogens with zero attached hydrogens (tertiary/aromatic N) is 2. The molecule has 1 aromatic rings. The number of piperidine rings is 1. The number of ether oxygens (including phenoxy) is 2. The van der Waals surface area contributed by atoms with Gasteiger partial charge in [-0.25, -0.2) is 0 Å². The lowest BCUT2D eigenvalue weighted by Crippen LogP contribution is -2.44. The molecule has 2 rings (SSSR count). The Bertz CT molecular complexity index is 551. The van der Waals surface area contributed by atoms with Crippen molar-refractivity contribution in [2.45, 2.75) is 31.8 Å². The molecular formula is C16H20N2O3. The van der Waals surface area contributed by atoms with Crippen LogP contribution in [0.2, 0.25) is 0 Å². The summed E-state index contributed by atoms with van der Waals surface area (Å²) in [5.74, 6) is 0.400. The molecule has 1 unspecified atom stereocenters. The average Bonchev–Trinajstić information content (AvgIpc) is 2.54. The number of carbonyl (C=O) groups excluding carboxylic acids is 1. The van der Waals surface area contributed by atoms with Gasteiger partial charge in [-0.15, -0.1) is 0 Å². The van der Waals surface area contributed by atoms with Crippen molar-refractivity contribution in [3.63, 3.8) is 0 Å². The zero-order valence-electron chi connectivity index (χ0n) is 12.5. The zero-order chi connectivity index (χ0) is 15.2. The van der Waals surface area contributed by atoms with E-state index in [9.17, 15) is 4.79 Å². The van der Waals surface area contributed by atoms with E-state index in [4.69, 9.17) is 14.7 Å². The minimum Gasteiger partial charge on any atom is -0.495 e. The van der Waals surface area contributed by atoms with Gasteiger partial charge in [0.15, 0.2) is 0 Å². The van der Waals surface area contributed by atoms with Gasteiger partial charge in [-0.1, -0.05) is 12.5 Å². The Balaban J connectivity index is 2.16. The van der Waals surface area contributed by atoms with E-state index in [2.05, 4.69) is 11.0 Å². The van der Waals surface area contributed by atoms with Crippen LogP contribution in [0.5, 0.6) is 5.75 Å². The van der Waals surface area contributed by atoms with Gasteiger partial charge >= 0.3 is 5.97 Å². The second kappa shape index (κ2) is 7.09. The monoisotopic (exact) mass is 288 g/mol. The van der Waals surface area contributed by atoms with Crippen LogP contribution in [-0.2, 0) is 16.1 Å². The number of rotatable bonds is 4. The number of nitriles is 1. The second-order valence-corrected chi connectivity index (χ2v) is 5.15. The molecule has 0 aliphatic carbocycles. The molecule has 1 saturated heterocycles. The lowest BCUT2D eigenvalue weighted by Gasteiger charge is -2.33. The third kappa shape index (κ3) is 3.53. The van der Waals surface area contributed by atoms with E-state index in [1.165, 1.54) is 7.11 Å². The molecule has 0 spiro atoms. The third-order valence-electron chi connectivity index (χ3n) is 3.86. The van der Waals surface area contributed by atoms with Crippen LogP contribution < -0.4 is 4.74 Å². The van der Waals surface area contributed by atoms with Crippen molar-refractivity contribution in [3.8, 4) is 11.8 Å². The van der Waals surface area contributed by atoms with Crippen LogP contribution in [0.4, 0.5) is 0 Å². The normalized spacial score (nSPS) is 18.8. The summed E-state index contributed by atoms with van der Waals surface area (Å²) in [4.78, 5) is 14.0. The topological polar surface area (TPSA) is 62.6 Å². The highest BCUT2D eigenvalue weighted by Crippen LogP contribution is 2.24. The first-order chi connectivity index (χ1) is 10.2. The van der Waals surface area contributed by atoms with Gasteiger partial charge in [0, 0.05) is 6.54 Å².